The minimum Gasteiger partial charge on any atom is -0.330 e. The molecule has 0 aliphatic carbocycles. The maximum absolute atomic E-state index is 6.13. The van der Waals surface area contributed by atoms with Gasteiger partial charge in [-0.2, -0.15) is 0 Å². The van der Waals surface area contributed by atoms with Crippen molar-refractivity contribution in [2.45, 2.75) is 38.3 Å². The summed E-state index contributed by atoms with van der Waals surface area (Å²) in [6.07, 6.45) is 4.84. The Hall–Kier alpha value is -0.350. The molecule has 1 unspecified atom stereocenters. The molecule has 0 aromatic carbocycles. The lowest BCUT2D eigenvalue weighted by molar-refractivity contribution is 0.134. The van der Waals surface area contributed by atoms with Crippen molar-refractivity contribution in [3.63, 3.8) is 0 Å². The zero-order chi connectivity index (χ0) is 13.0. The highest BCUT2D eigenvalue weighted by atomic mass is 35.5. The van der Waals surface area contributed by atoms with Crippen molar-refractivity contribution in [3.8, 4) is 0 Å². The van der Waals surface area contributed by atoms with Gasteiger partial charge in [-0.15, -0.1) is 0 Å². The van der Waals surface area contributed by atoms with Gasteiger partial charge >= 0.3 is 0 Å². The molecule has 1 saturated heterocycles. The summed E-state index contributed by atoms with van der Waals surface area (Å²) in [5.41, 5.74) is 6.73. The van der Waals surface area contributed by atoms with Crippen molar-refractivity contribution in [1.29, 1.82) is 0 Å². The number of likely N-dealkylation sites (tertiary alicyclic amines) is 1. The predicted octanol–water partition coefficient (Wildman–Crippen LogP) is 3.09. The molecule has 18 heavy (non-hydrogen) atoms. The standard InChI is InChI=1S/C13H19Cl2N3/c14-12-5-4-10(13(15)17-12)9-18-8-2-1-3-11(18)6-7-16/h4-5,11H,1-3,6-9,16H2. The van der Waals surface area contributed by atoms with Crippen molar-refractivity contribution in [2.75, 3.05) is 13.1 Å². The molecule has 0 bridgehead atoms. The lowest BCUT2D eigenvalue weighted by atomic mass is 9.99. The normalized spacial score (nSPS) is 21.2. The number of pyridine rings is 1. The summed E-state index contributed by atoms with van der Waals surface area (Å²) >= 11 is 11.9. The first-order valence-corrected chi connectivity index (χ1v) is 7.21. The number of nitrogens with two attached hydrogens (primary N) is 1. The topological polar surface area (TPSA) is 42.1 Å². The highest BCUT2D eigenvalue weighted by Gasteiger charge is 2.22. The van der Waals surface area contributed by atoms with E-state index in [1.54, 1.807) is 6.07 Å². The number of piperidine rings is 1. The minimum atomic E-state index is 0.445. The van der Waals surface area contributed by atoms with Gasteiger partial charge in [-0.05, 0) is 38.4 Å². The zero-order valence-corrected chi connectivity index (χ0v) is 11.9. The summed E-state index contributed by atoms with van der Waals surface area (Å²) in [7, 11) is 0. The number of halogens is 2. The van der Waals surface area contributed by atoms with Crippen LogP contribution in [0.5, 0.6) is 0 Å². The first-order chi connectivity index (χ1) is 8.70. The van der Waals surface area contributed by atoms with Gasteiger partial charge in [0.25, 0.3) is 0 Å². The molecular formula is C13H19Cl2N3. The quantitative estimate of drug-likeness (QED) is 0.866. The molecule has 2 N–H and O–H groups in total. The fourth-order valence-corrected chi connectivity index (χ4v) is 2.97. The van der Waals surface area contributed by atoms with E-state index in [1.807, 2.05) is 6.07 Å². The van der Waals surface area contributed by atoms with E-state index in [9.17, 15) is 0 Å². The SMILES string of the molecule is NCCC1CCCCN1Cc1ccc(Cl)nc1Cl. The van der Waals surface area contributed by atoms with Crippen LogP contribution in [-0.4, -0.2) is 29.0 Å². The van der Waals surface area contributed by atoms with E-state index in [0.717, 1.165) is 31.6 Å². The van der Waals surface area contributed by atoms with E-state index >= 15 is 0 Å². The Morgan fingerprint density at radius 2 is 2.17 bits per heavy atom. The monoisotopic (exact) mass is 287 g/mol. The second-order valence-corrected chi connectivity index (χ2v) is 5.53. The van der Waals surface area contributed by atoms with Crippen molar-refractivity contribution in [1.82, 2.24) is 9.88 Å². The lowest BCUT2D eigenvalue weighted by Gasteiger charge is -2.35. The fraction of sp³-hybridized carbons (Fsp3) is 0.615. The molecule has 3 nitrogen and oxygen atoms in total. The van der Waals surface area contributed by atoms with Gasteiger partial charge in [0, 0.05) is 18.2 Å². The molecule has 1 fully saturated rings. The van der Waals surface area contributed by atoms with Crippen LogP contribution >= 0.6 is 23.2 Å². The van der Waals surface area contributed by atoms with Gasteiger partial charge in [0.05, 0.1) is 0 Å². The maximum atomic E-state index is 6.13. The molecule has 1 aromatic heterocycles. The Morgan fingerprint density at radius 3 is 2.89 bits per heavy atom. The molecule has 0 saturated carbocycles. The van der Waals surface area contributed by atoms with Gasteiger partial charge in [-0.1, -0.05) is 35.7 Å². The van der Waals surface area contributed by atoms with Crippen molar-refractivity contribution < 1.29 is 0 Å². The Labute approximate surface area is 118 Å². The molecular weight excluding hydrogens is 269 g/mol. The number of hydrogen-bond donors (Lipinski definition) is 1. The molecule has 2 rings (SSSR count). The summed E-state index contributed by atoms with van der Waals surface area (Å²) in [6.45, 7) is 2.70. The number of nitrogens with zero attached hydrogens (tertiary/aromatic N) is 2. The number of rotatable bonds is 4. The van der Waals surface area contributed by atoms with Crippen molar-refractivity contribution in [3.05, 3.63) is 28.0 Å². The van der Waals surface area contributed by atoms with Gasteiger partial charge in [0.2, 0.25) is 0 Å². The molecule has 1 aromatic rings. The third kappa shape index (κ3) is 3.58. The maximum Gasteiger partial charge on any atom is 0.135 e. The van der Waals surface area contributed by atoms with Crippen LogP contribution in [0.25, 0.3) is 0 Å². The summed E-state index contributed by atoms with van der Waals surface area (Å²) in [6, 6.07) is 4.34. The van der Waals surface area contributed by atoms with E-state index in [4.69, 9.17) is 28.9 Å². The molecule has 0 radical (unpaired) electrons. The average Bonchev–Trinajstić information content (AvgIpc) is 2.35. The number of hydrogen-bond acceptors (Lipinski definition) is 3. The molecule has 0 spiro atoms. The van der Waals surface area contributed by atoms with Crippen molar-refractivity contribution >= 4 is 23.2 Å². The Bertz CT molecular complexity index is 396. The lowest BCUT2D eigenvalue weighted by Crippen LogP contribution is -2.40. The third-order valence-electron chi connectivity index (χ3n) is 3.51. The van der Waals surface area contributed by atoms with E-state index < -0.39 is 0 Å². The van der Waals surface area contributed by atoms with Gasteiger partial charge in [-0.25, -0.2) is 4.98 Å². The second kappa shape index (κ2) is 6.71. The fourth-order valence-electron chi connectivity index (χ4n) is 2.57. The van der Waals surface area contributed by atoms with Crippen LogP contribution in [0.1, 0.15) is 31.2 Å². The summed E-state index contributed by atoms with van der Waals surface area (Å²) < 4.78 is 0. The van der Waals surface area contributed by atoms with Crippen LogP contribution in [0.4, 0.5) is 0 Å². The predicted molar refractivity (Wildman–Crippen MR) is 76.0 cm³/mol. The largest absolute Gasteiger partial charge is 0.330 e. The highest BCUT2D eigenvalue weighted by Crippen LogP contribution is 2.24. The van der Waals surface area contributed by atoms with Gasteiger partial charge in [0.15, 0.2) is 0 Å². The first kappa shape index (κ1) is 14.1. The van der Waals surface area contributed by atoms with Gasteiger partial charge in [0.1, 0.15) is 10.3 Å². The Balaban J connectivity index is 2.06. The molecule has 1 aliphatic heterocycles. The minimum absolute atomic E-state index is 0.445. The van der Waals surface area contributed by atoms with Crippen LogP contribution in [0.2, 0.25) is 10.3 Å². The molecule has 5 heteroatoms. The van der Waals surface area contributed by atoms with Crippen LogP contribution in [0.3, 0.4) is 0 Å². The van der Waals surface area contributed by atoms with E-state index in [-0.39, 0.29) is 0 Å². The third-order valence-corrected chi connectivity index (χ3v) is 4.05. The number of aromatic nitrogens is 1. The molecule has 100 valence electrons. The second-order valence-electron chi connectivity index (χ2n) is 4.78. The van der Waals surface area contributed by atoms with E-state index in [1.165, 1.54) is 19.3 Å². The molecule has 1 atom stereocenters. The average molecular weight is 288 g/mol. The van der Waals surface area contributed by atoms with E-state index in [0.29, 0.717) is 16.3 Å². The molecule has 0 amide bonds. The zero-order valence-electron chi connectivity index (χ0n) is 10.4. The van der Waals surface area contributed by atoms with E-state index in [2.05, 4.69) is 9.88 Å². The Morgan fingerprint density at radius 1 is 1.33 bits per heavy atom. The highest BCUT2D eigenvalue weighted by molar-refractivity contribution is 6.32. The molecule has 1 aliphatic rings. The van der Waals surface area contributed by atoms with Gasteiger partial charge < -0.3 is 5.73 Å². The summed E-state index contributed by atoms with van der Waals surface area (Å²) in [4.78, 5) is 6.56. The molecule has 2 heterocycles. The van der Waals surface area contributed by atoms with Crippen LogP contribution in [0.15, 0.2) is 12.1 Å². The summed E-state index contributed by atoms with van der Waals surface area (Å²) in [5.74, 6) is 0. The summed E-state index contributed by atoms with van der Waals surface area (Å²) in [5, 5.41) is 0.959. The van der Waals surface area contributed by atoms with Crippen LogP contribution in [0, 0.1) is 0 Å². The van der Waals surface area contributed by atoms with Crippen LogP contribution < -0.4 is 5.73 Å². The Kier molecular flexibility index (Phi) is 5.25. The first-order valence-electron chi connectivity index (χ1n) is 6.45. The van der Waals surface area contributed by atoms with Gasteiger partial charge in [-0.3, -0.25) is 4.90 Å². The van der Waals surface area contributed by atoms with Crippen LogP contribution in [-0.2, 0) is 6.54 Å². The smallest absolute Gasteiger partial charge is 0.135 e. The van der Waals surface area contributed by atoms with Crippen molar-refractivity contribution in [2.24, 2.45) is 5.73 Å².